The van der Waals surface area contributed by atoms with Crippen LogP contribution >= 0.6 is 0 Å². The number of rotatable bonds is 1. The third-order valence-corrected chi connectivity index (χ3v) is 1.79. The van der Waals surface area contributed by atoms with E-state index in [9.17, 15) is 0 Å². The Morgan fingerprint density at radius 1 is 1.36 bits per heavy atom. The van der Waals surface area contributed by atoms with E-state index in [0.717, 1.165) is 13.2 Å². The van der Waals surface area contributed by atoms with Crippen LogP contribution in [0, 0.1) is 0 Å². The van der Waals surface area contributed by atoms with E-state index >= 15 is 0 Å². The van der Waals surface area contributed by atoms with Crippen molar-refractivity contribution in [3.63, 3.8) is 0 Å². The molecule has 0 saturated carbocycles. The minimum Gasteiger partial charge on any atom is -0.377 e. The molecule has 11 heavy (non-hydrogen) atoms. The van der Waals surface area contributed by atoms with Crippen molar-refractivity contribution in [1.29, 1.82) is 0 Å². The second kappa shape index (κ2) is 5.14. The fraction of sp³-hybridized carbons (Fsp3) is 0.600. The van der Waals surface area contributed by atoms with Crippen molar-refractivity contribution in [3.05, 3.63) is 24.3 Å². The molecular formula is C10H16O. The van der Waals surface area contributed by atoms with Gasteiger partial charge in [-0.1, -0.05) is 24.3 Å². The summed E-state index contributed by atoms with van der Waals surface area (Å²) in [5.74, 6) is 0. The first-order chi connectivity index (χ1) is 5.43. The normalized spacial score (nSPS) is 20.9. The van der Waals surface area contributed by atoms with Crippen LogP contribution in [-0.2, 0) is 4.74 Å². The maximum atomic E-state index is 4.50. The smallest absolute Gasteiger partial charge is 0.0701 e. The van der Waals surface area contributed by atoms with Gasteiger partial charge < -0.3 is 4.74 Å². The Kier molecular flexibility index (Phi) is 3.99. The zero-order chi connectivity index (χ0) is 7.94. The summed E-state index contributed by atoms with van der Waals surface area (Å²) in [6, 6.07) is 0. The van der Waals surface area contributed by atoms with Crippen molar-refractivity contribution in [2.24, 2.45) is 0 Å². The van der Waals surface area contributed by atoms with Gasteiger partial charge in [-0.3, -0.25) is 0 Å². The van der Waals surface area contributed by atoms with Gasteiger partial charge in [0.2, 0.25) is 0 Å². The lowest BCUT2D eigenvalue weighted by Crippen LogP contribution is -1.86. The summed E-state index contributed by atoms with van der Waals surface area (Å²) in [5, 5.41) is 0. The van der Waals surface area contributed by atoms with Gasteiger partial charge in [-0.15, -0.1) is 0 Å². The van der Waals surface area contributed by atoms with Crippen LogP contribution in [0.15, 0.2) is 24.3 Å². The van der Waals surface area contributed by atoms with Gasteiger partial charge in [0.15, 0.2) is 0 Å². The van der Waals surface area contributed by atoms with Crippen molar-refractivity contribution >= 4 is 0 Å². The predicted molar refractivity (Wildman–Crippen MR) is 47.6 cm³/mol. The molecule has 0 atom stereocenters. The first-order valence-corrected chi connectivity index (χ1v) is 4.32. The summed E-state index contributed by atoms with van der Waals surface area (Å²) >= 11 is 0. The zero-order valence-electron chi connectivity index (χ0n) is 7.01. The summed E-state index contributed by atoms with van der Waals surface area (Å²) in [5.41, 5.74) is 1.44. The van der Waals surface area contributed by atoms with Crippen LogP contribution in [0.2, 0.25) is 0 Å². The molecule has 0 spiro atoms. The molecule has 1 fully saturated rings. The summed E-state index contributed by atoms with van der Waals surface area (Å²) in [6.45, 7) is 5.72. The molecule has 2 rings (SSSR count). The summed E-state index contributed by atoms with van der Waals surface area (Å²) < 4.78 is 4.50. The maximum Gasteiger partial charge on any atom is 0.0701 e. The lowest BCUT2D eigenvalue weighted by atomic mass is 10.0. The van der Waals surface area contributed by atoms with E-state index in [0.29, 0.717) is 0 Å². The fourth-order valence-electron chi connectivity index (χ4n) is 1.05. The molecule has 0 aromatic carbocycles. The van der Waals surface area contributed by atoms with Crippen LogP contribution in [0.5, 0.6) is 0 Å². The first kappa shape index (κ1) is 8.54. The van der Waals surface area contributed by atoms with E-state index < -0.39 is 0 Å². The number of ether oxygens (including phenoxy) is 1. The second-order valence-electron chi connectivity index (χ2n) is 2.84. The lowest BCUT2D eigenvalue weighted by molar-refractivity contribution is 0.475. The van der Waals surface area contributed by atoms with Crippen molar-refractivity contribution in [1.82, 2.24) is 0 Å². The number of hydrogen-bond donors (Lipinski definition) is 0. The minimum atomic E-state index is 1.00. The molecule has 0 aromatic rings. The number of hydrogen-bond acceptors (Lipinski definition) is 1. The molecule has 0 N–H and O–H groups in total. The van der Waals surface area contributed by atoms with Crippen molar-refractivity contribution in [2.45, 2.75) is 25.7 Å². The Bertz CT molecular complexity index is 142. The average Bonchev–Trinajstić information content (AvgIpc) is 2.92. The quantitative estimate of drug-likeness (QED) is 0.526. The molecule has 1 heteroatoms. The van der Waals surface area contributed by atoms with Crippen LogP contribution in [0.3, 0.4) is 0 Å². The molecule has 0 radical (unpaired) electrons. The zero-order valence-corrected chi connectivity index (χ0v) is 7.01. The van der Waals surface area contributed by atoms with Gasteiger partial charge in [-0.25, -0.2) is 0 Å². The number of epoxide rings is 1. The monoisotopic (exact) mass is 152 g/mol. The Labute approximate surface area is 68.8 Å². The minimum absolute atomic E-state index is 1.00. The highest BCUT2D eigenvalue weighted by atomic mass is 16.6. The summed E-state index contributed by atoms with van der Waals surface area (Å²) in [4.78, 5) is 0. The lowest BCUT2D eigenvalue weighted by Gasteiger charge is -2.06. The van der Waals surface area contributed by atoms with Crippen LogP contribution in [0.1, 0.15) is 25.7 Å². The van der Waals surface area contributed by atoms with Gasteiger partial charge in [-0.2, -0.15) is 0 Å². The van der Waals surface area contributed by atoms with Gasteiger partial charge in [0.1, 0.15) is 0 Å². The summed E-state index contributed by atoms with van der Waals surface area (Å²) in [7, 11) is 0. The predicted octanol–water partition coefficient (Wildman–Crippen LogP) is 2.69. The molecular weight excluding hydrogens is 136 g/mol. The molecule has 0 unspecified atom stereocenters. The SMILES string of the molecule is C1CO1.C=CC1=CCCCC1. The third kappa shape index (κ3) is 4.79. The first-order valence-electron chi connectivity index (χ1n) is 4.32. The molecule has 1 saturated heterocycles. The van der Waals surface area contributed by atoms with Gasteiger partial charge >= 0.3 is 0 Å². The van der Waals surface area contributed by atoms with E-state index in [1.54, 1.807) is 0 Å². The number of allylic oxidation sites excluding steroid dienone is 3. The van der Waals surface area contributed by atoms with E-state index in [2.05, 4.69) is 17.4 Å². The standard InChI is InChI=1S/C8H12.C2H4O/c1-2-8-6-4-3-5-7-8;1-2-3-1/h2,6H,1,3-5,7H2;1-2H2. The maximum absolute atomic E-state index is 4.50. The fourth-order valence-corrected chi connectivity index (χ4v) is 1.05. The van der Waals surface area contributed by atoms with E-state index in [-0.39, 0.29) is 0 Å². The summed E-state index contributed by atoms with van der Waals surface area (Å²) in [6.07, 6.45) is 9.51. The van der Waals surface area contributed by atoms with Crippen LogP contribution in [0.4, 0.5) is 0 Å². The molecule has 1 nitrogen and oxygen atoms in total. The van der Waals surface area contributed by atoms with Crippen LogP contribution in [0.25, 0.3) is 0 Å². The molecule has 0 amide bonds. The molecule has 1 aliphatic carbocycles. The Hall–Kier alpha value is -0.560. The largest absolute Gasteiger partial charge is 0.377 e. The Morgan fingerprint density at radius 3 is 2.36 bits per heavy atom. The Morgan fingerprint density at radius 2 is 2.09 bits per heavy atom. The van der Waals surface area contributed by atoms with Gasteiger partial charge in [0, 0.05) is 0 Å². The third-order valence-electron chi connectivity index (χ3n) is 1.79. The van der Waals surface area contributed by atoms with Gasteiger partial charge in [0.25, 0.3) is 0 Å². The highest BCUT2D eigenvalue weighted by Gasteiger charge is 1.97. The van der Waals surface area contributed by atoms with Crippen molar-refractivity contribution in [2.75, 3.05) is 13.2 Å². The van der Waals surface area contributed by atoms with Gasteiger partial charge in [-0.05, 0) is 25.7 Å². The second-order valence-corrected chi connectivity index (χ2v) is 2.84. The van der Waals surface area contributed by atoms with Crippen LogP contribution in [-0.4, -0.2) is 13.2 Å². The molecule has 62 valence electrons. The molecule has 0 aromatic heterocycles. The van der Waals surface area contributed by atoms with Gasteiger partial charge in [0.05, 0.1) is 13.2 Å². The highest BCUT2D eigenvalue weighted by molar-refractivity contribution is 5.17. The van der Waals surface area contributed by atoms with Crippen LogP contribution < -0.4 is 0 Å². The van der Waals surface area contributed by atoms with Crippen molar-refractivity contribution < 1.29 is 4.74 Å². The van der Waals surface area contributed by atoms with E-state index in [4.69, 9.17) is 0 Å². The molecule has 0 bridgehead atoms. The average molecular weight is 152 g/mol. The van der Waals surface area contributed by atoms with E-state index in [1.165, 1.54) is 31.3 Å². The van der Waals surface area contributed by atoms with Crippen molar-refractivity contribution in [3.8, 4) is 0 Å². The molecule has 2 aliphatic rings. The molecule has 1 aliphatic heterocycles. The highest BCUT2D eigenvalue weighted by Crippen LogP contribution is 2.16. The topological polar surface area (TPSA) is 12.5 Å². The molecule has 1 heterocycles. The van der Waals surface area contributed by atoms with E-state index in [1.807, 2.05) is 6.08 Å². The Balaban J connectivity index is 0.000000167.